The number of primary amides is 1. The van der Waals surface area contributed by atoms with E-state index in [0.29, 0.717) is 16.7 Å². The van der Waals surface area contributed by atoms with Crippen molar-refractivity contribution in [1.82, 2.24) is 4.90 Å². The van der Waals surface area contributed by atoms with Gasteiger partial charge < -0.3 is 36.8 Å². The van der Waals surface area contributed by atoms with Crippen LogP contribution in [-0.4, -0.2) is 82.6 Å². The summed E-state index contributed by atoms with van der Waals surface area (Å²) >= 11 is 0. The van der Waals surface area contributed by atoms with Crippen LogP contribution in [0.4, 0.5) is 5.69 Å². The third-order valence-corrected chi connectivity index (χ3v) is 8.71. The summed E-state index contributed by atoms with van der Waals surface area (Å²) in [6.07, 6.45) is 0.210. The number of carbonyl (C=O) groups excluding carboxylic acids is 3. The number of carbonyl (C=O) groups is 3. The molecule has 11 nitrogen and oxygen atoms in total. The average Bonchev–Trinajstić information content (AvgIpc) is 2.90. The number of aliphatic hydroxyl groups excluding tert-OH is 2. The van der Waals surface area contributed by atoms with E-state index in [0.717, 1.165) is 11.3 Å². The third kappa shape index (κ3) is 3.95. The molecular weight excluding hydrogens is 528 g/mol. The third-order valence-electron chi connectivity index (χ3n) is 8.71. The molecule has 3 aliphatic rings. The number of phenols is 1. The zero-order valence-electron chi connectivity index (χ0n) is 23.3. The largest absolute Gasteiger partial charge is 0.508 e. The van der Waals surface area contributed by atoms with Crippen LogP contribution in [0.2, 0.25) is 0 Å². The number of fused-ring (bicyclic) bond motifs is 3. The molecule has 0 heterocycles. The lowest BCUT2D eigenvalue weighted by Crippen LogP contribution is -2.65. The standard InChI is InChI=1S/C30H34N4O7/c1-33(2)16-7-5-13(6-8-16)17-10-15(12-31)24(35)21-18(17)9-14-11-19-23(34(3)4)26(37)22(29(32)40)28(39)30(19,41)27(38)20(14)25(21)36/h5-8,10,14,19,23,35-36,39,41H,9,11-12,31H2,1-4H3,(H2,32,40)/t14-,19-,23-,30-/m0/s1. The van der Waals surface area contributed by atoms with Crippen LogP contribution in [0.15, 0.2) is 47.2 Å². The highest BCUT2D eigenvalue weighted by atomic mass is 16.3. The number of aromatic hydroxyl groups is 1. The molecule has 1 fully saturated rings. The molecule has 0 unspecified atom stereocenters. The summed E-state index contributed by atoms with van der Waals surface area (Å²) in [5, 5.41) is 45.5. The number of benzene rings is 2. The Labute approximate surface area is 237 Å². The predicted octanol–water partition coefficient (Wildman–Crippen LogP) is 1.16. The molecule has 3 aliphatic carbocycles. The number of hydrogen-bond donors (Lipinski definition) is 6. The molecule has 0 aromatic heterocycles. The number of ketones is 2. The molecule has 0 spiro atoms. The number of rotatable bonds is 5. The van der Waals surface area contributed by atoms with E-state index in [-0.39, 0.29) is 36.3 Å². The smallest absolute Gasteiger partial charge is 0.255 e. The van der Waals surface area contributed by atoms with Crippen LogP contribution < -0.4 is 16.4 Å². The Morgan fingerprint density at radius 2 is 1.71 bits per heavy atom. The Bertz CT molecular complexity index is 1560. The minimum absolute atomic E-state index is 0.0180. The van der Waals surface area contributed by atoms with Crippen molar-refractivity contribution in [2.45, 2.75) is 31.0 Å². The Morgan fingerprint density at radius 1 is 1.07 bits per heavy atom. The zero-order valence-corrected chi connectivity index (χ0v) is 23.3. The van der Waals surface area contributed by atoms with Gasteiger partial charge in [-0.25, -0.2) is 0 Å². The van der Waals surface area contributed by atoms with Crippen molar-refractivity contribution < 1.29 is 34.8 Å². The molecule has 2 aromatic rings. The van der Waals surface area contributed by atoms with Crippen LogP contribution in [0, 0.1) is 11.8 Å². The number of phenolic OH excluding ortho intramolecular Hbond substituents is 1. The Kier molecular flexibility index (Phi) is 6.72. The van der Waals surface area contributed by atoms with E-state index in [4.69, 9.17) is 11.5 Å². The monoisotopic (exact) mass is 562 g/mol. The molecule has 8 N–H and O–H groups in total. The van der Waals surface area contributed by atoms with Gasteiger partial charge in [-0.05, 0) is 67.7 Å². The maximum absolute atomic E-state index is 14.1. The minimum Gasteiger partial charge on any atom is -0.508 e. The number of aliphatic hydroxyl groups is 3. The second-order valence-electron chi connectivity index (χ2n) is 11.4. The molecule has 0 aliphatic heterocycles. The fraction of sp³-hybridized carbons (Fsp3) is 0.367. The number of likely N-dealkylation sites (N-methyl/N-ethyl adjacent to an activating group) is 1. The fourth-order valence-electron chi connectivity index (χ4n) is 6.72. The topological polar surface area (TPSA) is 191 Å². The first-order valence-corrected chi connectivity index (χ1v) is 13.3. The first-order chi connectivity index (χ1) is 19.2. The van der Waals surface area contributed by atoms with E-state index in [1.165, 1.54) is 4.90 Å². The molecule has 1 saturated carbocycles. The highest BCUT2D eigenvalue weighted by molar-refractivity contribution is 6.24. The normalized spacial score (nSPS) is 25.7. The Morgan fingerprint density at radius 3 is 2.24 bits per heavy atom. The van der Waals surface area contributed by atoms with Crippen LogP contribution >= 0.6 is 0 Å². The SMILES string of the molecule is CN(C)c1ccc(-c2cc(CN)c(O)c3c2C[C@H]2C[C@H]4[C@H](N(C)C)C(=O)C(C(N)=O)=C(O)[C@@]4(O)C(=O)C2=C3O)cc1. The predicted molar refractivity (Wildman–Crippen MR) is 152 cm³/mol. The number of nitrogens with zero attached hydrogens (tertiary/aromatic N) is 2. The summed E-state index contributed by atoms with van der Waals surface area (Å²) in [4.78, 5) is 42.9. The number of amides is 1. The highest BCUT2D eigenvalue weighted by Gasteiger charge is 2.64. The molecule has 0 saturated heterocycles. The molecular formula is C30H34N4O7. The van der Waals surface area contributed by atoms with Gasteiger partial charge in [0, 0.05) is 43.4 Å². The second kappa shape index (κ2) is 9.72. The van der Waals surface area contributed by atoms with Crippen LogP contribution in [-0.2, 0) is 27.3 Å². The lowest BCUT2D eigenvalue weighted by Gasteiger charge is -2.50. The Balaban J connectivity index is 1.75. The van der Waals surface area contributed by atoms with Gasteiger partial charge >= 0.3 is 0 Å². The van der Waals surface area contributed by atoms with Gasteiger partial charge in [0.05, 0.1) is 11.6 Å². The van der Waals surface area contributed by atoms with Crippen molar-refractivity contribution in [1.29, 1.82) is 0 Å². The lowest BCUT2D eigenvalue weighted by molar-refractivity contribution is -0.153. The van der Waals surface area contributed by atoms with Crippen LogP contribution in [0.25, 0.3) is 16.9 Å². The summed E-state index contributed by atoms with van der Waals surface area (Å²) < 4.78 is 0. The molecule has 0 radical (unpaired) electrons. The fourth-order valence-corrected chi connectivity index (χ4v) is 6.72. The summed E-state index contributed by atoms with van der Waals surface area (Å²) in [6, 6.07) is 8.33. The second-order valence-corrected chi connectivity index (χ2v) is 11.4. The number of hydrogen-bond acceptors (Lipinski definition) is 10. The molecule has 41 heavy (non-hydrogen) atoms. The average molecular weight is 563 g/mol. The number of Topliss-reactive ketones (excluding diaryl/α,β-unsaturated/α-hetero) is 2. The number of nitrogens with two attached hydrogens (primary N) is 2. The van der Waals surface area contributed by atoms with Gasteiger partial charge in [-0.3, -0.25) is 19.3 Å². The van der Waals surface area contributed by atoms with Gasteiger partial charge in [0.2, 0.25) is 5.78 Å². The van der Waals surface area contributed by atoms with E-state index >= 15 is 0 Å². The quantitative estimate of drug-likeness (QED) is 0.288. The van der Waals surface area contributed by atoms with Crippen LogP contribution in [0.1, 0.15) is 23.1 Å². The van der Waals surface area contributed by atoms with Crippen LogP contribution in [0.3, 0.4) is 0 Å². The molecule has 11 heteroatoms. The van der Waals surface area contributed by atoms with Crippen molar-refractivity contribution in [3.8, 4) is 16.9 Å². The lowest BCUT2D eigenvalue weighted by atomic mass is 9.57. The Hall–Kier alpha value is -4.19. The van der Waals surface area contributed by atoms with Crippen molar-refractivity contribution in [3.05, 3.63) is 63.9 Å². The van der Waals surface area contributed by atoms with E-state index in [2.05, 4.69) is 0 Å². The molecule has 0 bridgehead atoms. The van der Waals surface area contributed by atoms with Crippen molar-refractivity contribution >= 4 is 28.9 Å². The van der Waals surface area contributed by atoms with Crippen LogP contribution in [0.5, 0.6) is 5.75 Å². The first-order valence-electron chi connectivity index (χ1n) is 13.3. The summed E-state index contributed by atoms with van der Waals surface area (Å²) in [5.74, 6) is -6.86. The van der Waals surface area contributed by atoms with E-state index < -0.39 is 58.0 Å². The van der Waals surface area contributed by atoms with Gasteiger partial charge in [0.15, 0.2) is 11.4 Å². The summed E-state index contributed by atoms with van der Waals surface area (Å²) in [5.41, 5.74) is 11.0. The minimum atomic E-state index is -2.68. The summed E-state index contributed by atoms with van der Waals surface area (Å²) in [6.45, 7) is -0.0496. The van der Waals surface area contributed by atoms with E-state index in [1.54, 1.807) is 20.2 Å². The highest BCUT2D eigenvalue weighted by Crippen LogP contribution is 2.54. The van der Waals surface area contributed by atoms with Gasteiger partial charge in [-0.1, -0.05) is 12.1 Å². The van der Waals surface area contributed by atoms with Crippen molar-refractivity contribution in [2.75, 3.05) is 33.1 Å². The number of anilines is 1. The molecule has 5 rings (SSSR count). The zero-order chi connectivity index (χ0) is 30.1. The van der Waals surface area contributed by atoms with Gasteiger partial charge in [0.25, 0.3) is 5.91 Å². The first kappa shape index (κ1) is 28.3. The van der Waals surface area contributed by atoms with Crippen molar-refractivity contribution in [3.63, 3.8) is 0 Å². The molecule has 4 atom stereocenters. The van der Waals surface area contributed by atoms with Crippen molar-refractivity contribution in [2.24, 2.45) is 23.3 Å². The molecule has 1 amide bonds. The van der Waals surface area contributed by atoms with Gasteiger partial charge in [-0.15, -0.1) is 0 Å². The van der Waals surface area contributed by atoms with Gasteiger partial charge in [-0.2, -0.15) is 0 Å². The molecule has 216 valence electrons. The maximum atomic E-state index is 14.1. The maximum Gasteiger partial charge on any atom is 0.255 e. The van der Waals surface area contributed by atoms with E-state index in [9.17, 15) is 34.8 Å². The molecule has 2 aromatic carbocycles. The van der Waals surface area contributed by atoms with E-state index in [1.807, 2.05) is 43.3 Å². The van der Waals surface area contributed by atoms with Gasteiger partial charge in [0.1, 0.15) is 22.8 Å². The summed E-state index contributed by atoms with van der Waals surface area (Å²) in [7, 11) is 6.97.